The molecule has 3 rings (SSSR count). The Morgan fingerprint density at radius 2 is 1.65 bits per heavy atom. The van der Waals surface area contributed by atoms with E-state index in [-0.39, 0.29) is 11.3 Å². The first kappa shape index (κ1) is 18.4. The molecule has 26 heavy (non-hydrogen) atoms. The van der Waals surface area contributed by atoms with Gasteiger partial charge in [0.15, 0.2) is 0 Å². The zero-order chi connectivity index (χ0) is 18.7. The average Bonchev–Trinajstić information content (AvgIpc) is 2.62. The smallest absolute Gasteiger partial charge is 0.257 e. The van der Waals surface area contributed by atoms with Gasteiger partial charge in [-0.2, -0.15) is 0 Å². The molecule has 138 valence electrons. The number of carbonyl (C=O) groups excluding carboxylic acids is 1. The number of benzene rings is 1. The van der Waals surface area contributed by atoms with E-state index in [1.165, 1.54) is 5.56 Å². The summed E-state index contributed by atoms with van der Waals surface area (Å²) in [6, 6.07) is 11.8. The molecular formula is C21H28N4O. The monoisotopic (exact) mass is 352 g/mol. The third-order valence-corrected chi connectivity index (χ3v) is 4.85. The van der Waals surface area contributed by atoms with Crippen LogP contribution in [-0.2, 0) is 5.41 Å². The van der Waals surface area contributed by atoms with Gasteiger partial charge in [-0.05, 0) is 42.3 Å². The SMILES string of the molecule is CN1CCN(c2ccc(C(=O)Nc3ccc(C(C)(C)C)cc3)cn2)CC1. The highest BCUT2D eigenvalue weighted by molar-refractivity contribution is 6.04. The second kappa shape index (κ2) is 7.46. The van der Waals surface area contributed by atoms with Crippen LogP contribution in [0, 0.1) is 0 Å². The molecule has 5 nitrogen and oxygen atoms in total. The molecule has 1 aliphatic rings. The topological polar surface area (TPSA) is 48.5 Å². The number of aromatic nitrogens is 1. The Kier molecular flexibility index (Phi) is 5.28. The van der Waals surface area contributed by atoms with E-state index in [4.69, 9.17) is 0 Å². The molecule has 2 aromatic rings. The summed E-state index contributed by atoms with van der Waals surface area (Å²) in [5.74, 6) is 0.801. The summed E-state index contributed by atoms with van der Waals surface area (Å²) in [5, 5.41) is 2.94. The molecule has 0 saturated carbocycles. The lowest BCUT2D eigenvalue weighted by molar-refractivity contribution is 0.102. The van der Waals surface area contributed by atoms with Crippen molar-refractivity contribution in [1.82, 2.24) is 9.88 Å². The summed E-state index contributed by atoms with van der Waals surface area (Å²) in [6.45, 7) is 10.5. The first-order chi connectivity index (χ1) is 12.3. The normalized spacial score (nSPS) is 15.8. The molecule has 5 heteroatoms. The number of amides is 1. The summed E-state index contributed by atoms with van der Waals surface area (Å²) in [5.41, 5.74) is 2.72. The van der Waals surface area contributed by atoms with Gasteiger partial charge >= 0.3 is 0 Å². The standard InChI is InChI=1S/C21H28N4O/c1-21(2,3)17-6-8-18(9-7-17)23-20(26)16-5-10-19(22-15-16)25-13-11-24(4)12-14-25/h5-10,15H,11-14H2,1-4H3,(H,23,26). The molecule has 0 spiro atoms. The van der Waals surface area contributed by atoms with Crippen LogP contribution >= 0.6 is 0 Å². The van der Waals surface area contributed by atoms with Crippen molar-refractivity contribution in [2.75, 3.05) is 43.4 Å². The van der Waals surface area contributed by atoms with Crippen LogP contribution in [0.25, 0.3) is 0 Å². The fourth-order valence-electron chi connectivity index (χ4n) is 3.00. The molecule has 2 heterocycles. The maximum absolute atomic E-state index is 12.5. The summed E-state index contributed by atoms with van der Waals surface area (Å²) >= 11 is 0. The number of hydrogen-bond donors (Lipinski definition) is 1. The number of piperazine rings is 1. The van der Waals surface area contributed by atoms with E-state index in [0.717, 1.165) is 37.7 Å². The van der Waals surface area contributed by atoms with Gasteiger partial charge < -0.3 is 15.1 Å². The molecule has 1 N–H and O–H groups in total. The van der Waals surface area contributed by atoms with Gasteiger partial charge in [-0.3, -0.25) is 4.79 Å². The number of hydrogen-bond acceptors (Lipinski definition) is 4. The van der Waals surface area contributed by atoms with Gasteiger partial charge in [-0.25, -0.2) is 4.98 Å². The summed E-state index contributed by atoms with van der Waals surface area (Å²) < 4.78 is 0. The minimum Gasteiger partial charge on any atom is -0.354 e. The third-order valence-electron chi connectivity index (χ3n) is 4.85. The Bertz CT molecular complexity index is 739. The van der Waals surface area contributed by atoms with Gasteiger partial charge in [0.2, 0.25) is 0 Å². The van der Waals surface area contributed by atoms with Crippen LogP contribution in [0.5, 0.6) is 0 Å². The second-order valence-electron chi connectivity index (χ2n) is 7.98. The molecule has 1 aromatic heterocycles. The first-order valence-corrected chi connectivity index (χ1v) is 9.14. The zero-order valence-corrected chi connectivity index (χ0v) is 16.1. The van der Waals surface area contributed by atoms with Crippen LogP contribution in [0.15, 0.2) is 42.6 Å². The van der Waals surface area contributed by atoms with Crippen LogP contribution in [-0.4, -0.2) is 49.0 Å². The molecule has 0 aliphatic carbocycles. The van der Waals surface area contributed by atoms with Crippen molar-refractivity contribution in [3.63, 3.8) is 0 Å². The maximum atomic E-state index is 12.5. The highest BCUT2D eigenvalue weighted by atomic mass is 16.1. The largest absolute Gasteiger partial charge is 0.354 e. The summed E-state index contributed by atoms with van der Waals surface area (Å²) in [4.78, 5) is 21.5. The Balaban J connectivity index is 1.63. The molecule has 1 fully saturated rings. The molecule has 0 radical (unpaired) electrons. The van der Waals surface area contributed by atoms with Crippen molar-refractivity contribution < 1.29 is 4.79 Å². The van der Waals surface area contributed by atoms with Crippen LogP contribution in [0.2, 0.25) is 0 Å². The van der Waals surface area contributed by atoms with Gasteiger partial charge in [0.1, 0.15) is 5.82 Å². The van der Waals surface area contributed by atoms with E-state index in [1.807, 2.05) is 24.3 Å². The lowest BCUT2D eigenvalue weighted by Gasteiger charge is -2.33. The molecule has 0 atom stereocenters. The molecule has 1 amide bonds. The zero-order valence-electron chi connectivity index (χ0n) is 16.1. The third kappa shape index (κ3) is 4.41. The molecule has 0 bridgehead atoms. The van der Waals surface area contributed by atoms with Crippen molar-refractivity contribution in [3.8, 4) is 0 Å². The summed E-state index contributed by atoms with van der Waals surface area (Å²) in [7, 11) is 2.13. The lowest BCUT2D eigenvalue weighted by Crippen LogP contribution is -2.44. The van der Waals surface area contributed by atoms with Crippen LogP contribution in [0.3, 0.4) is 0 Å². The molecule has 0 unspecified atom stereocenters. The van der Waals surface area contributed by atoms with E-state index < -0.39 is 0 Å². The number of anilines is 2. The number of rotatable bonds is 3. The van der Waals surface area contributed by atoms with Gasteiger partial charge in [0.25, 0.3) is 5.91 Å². The molecular weight excluding hydrogens is 324 g/mol. The highest BCUT2D eigenvalue weighted by Crippen LogP contribution is 2.23. The fourth-order valence-corrected chi connectivity index (χ4v) is 3.00. The molecule has 1 aliphatic heterocycles. The highest BCUT2D eigenvalue weighted by Gasteiger charge is 2.16. The number of nitrogens with zero attached hydrogens (tertiary/aromatic N) is 3. The van der Waals surface area contributed by atoms with Crippen molar-refractivity contribution in [1.29, 1.82) is 0 Å². The molecule has 1 saturated heterocycles. The van der Waals surface area contributed by atoms with Gasteiger partial charge in [-0.1, -0.05) is 32.9 Å². The van der Waals surface area contributed by atoms with Gasteiger partial charge in [0, 0.05) is 38.1 Å². The molecule has 1 aromatic carbocycles. The van der Waals surface area contributed by atoms with Crippen LogP contribution in [0.1, 0.15) is 36.7 Å². The minimum absolute atomic E-state index is 0.103. The predicted octanol–water partition coefficient (Wildman–Crippen LogP) is 3.38. The van der Waals surface area contributed by atoms with Crippen LogP contribution < -0.4 is 10.2 Å². The first-order valence-electron chi connectivity index (χ1n) is 9.14. The minimum atomic E-state index is -0.133. The van der Waals surface area contributed by atoms with Crippen molar-refractivity contribution in [3.05, 3.63) is 53.7 Å². The van der Waals surface area contributed by atoms with Crippen LogP contribution in [0.4, 0.5) is 11.5 Å². The van der Waals surface area contributed by atoms with E-state index in [0.29, 0.717) is 5.56 Å². The van der Waals surface area contributed by atoms with Gasteiger partial charge in [0.05, 0.1) is 5.56 Å². The average molecular weight is 352 g/mol. The van der Waals surface area contributed by atoms with E-state index in [1.54, 1.807) is 6.20 Å². The Hall–Kier alpha value is -2.40. The predicted molar refractivity (Wildman–Crippen MR) is 107 cm³/mol. The number of likely N-dealkylation sites (N-methyl/N-ethyl adjacent to an activating group) is 1. The second-order valence-corrected chi connectivity index (χ2v) is 7.98. The van der Waals surface area contributed by atoms with Gasteiger partial charge in [-0.15, -0.1) is 0 Å². The number of pyridine rings is 1. The fraction of sp³-hybridized carbons (Fsp3) is 0.429. The van der Waals surface area contributed by atoms with Crippen molar-refractivity contribution in [2.24, 2.45) is 0 Å². The lowest BCUT2D eigenvalue weighted by atomic mass is 9.87. The van der Waals surface area contributed by atoms with Crippen molar-refractivity contribution in [2.45, 2.75) is 26.2 Å². The summed E-state index contributed by atoms with van der Waals surface area (Å²) in [6.07, 6.45) is 1.66. The Morgan fingerprint density at radius 1 is 1.00 bits per heavy atom. The number of carbonyl (C=O) groups is 1. The number of nitrogens with one attached hydrogen (secondary N) is 1. The Labute approximate surface area is 156 Å². The van der Waals surface area contributed by atoms with E-state index in [2.05, 4.69) is 60.1 Å². The Morgan fingerprint density at radius 3 is 2.19 bits per heavy atom. The van der Waals surface area contributed by atoms with Crippen molar-refractivity contribution >= 4 is 17.4 Å². The quantitative estimate of drug-likeness (QED) is 0.920. The maximum Gasteiger partial charge on any atom is 0.257 e. The van der Waals surface area contributed by atoms with E-state index in [9.17, 15) is 4.79 Å². The van der Waals surface area contributed by atoms with E-state index >= 15 is 0 Å².